The van der Waals surface area contributed by atoms with Gasteiger partial charge in [0.05, 0.1) is 12.3 Å². The lowest BCUT2D eigenvalue weighted by Gasteiger charge is -2.05. The molecule has 0 aliphatic carbocycles. The van der Waals surface area contributed by atoms with Crippen molar-refractivity contribution in [3.63, 3.8) is 0 Å². The molecule has 8 nitrogen and oxygen atoms in total. The summed E-state index contributed by atoms with van der Waals surface area (Å²) in [6.07, 6.45) is 8.58. The van der Waals surface area contributed by atoms with E-state index in [1.54, 1.807) is 18.0 Å². The molecule has 0 saturated carbocycles. The Labute approximate surface area is 149 Å². The van der Waals surface area contributed by atoms with E-state index in [1.165, 1.54) is 6.66 Å². The second-order valence-corrected chi connectivity index (χ2v) is 8.06. The van der Waals surface area contributed by atoms with E-state index in [2.05, 4.69) is 10.3 Å². The number of rotatable bonds is 15. The summed E-state index contributed by atoms with van der Waals surface area (Å²) < 4.78 is 22.3. The first-order chi connectivity index (χ1) is 11.9. The summed E-state index contributed by atoms with van der Waals surface area (Å²) in [6, 6.07) is 0. The van der Waals surface area contributed by atoms with Crippen LogP contribution in [0.1, 0.15) is 50.6 Å². The highest BCUT2D eigenvalue weighted by atomic mass is 31.2. The van der Waals surface area contributed by atoms with Crippen molar-refractivity contribution in [3.8, 4) is 0 Å². The van der Waals surface area contributed by atoms with Crippen LogP contribution in [0.15, 0.2) is 6.20 Å². The molecule has 0 saturated heterocycles. The maximum atomic E-state index is 11.9. The van der Waals surface area contributed by atoms with E-state index >= 15 is 0 Å². The van der Waals surface area contributed by atoms with Gasteiger partial charge in [-0.05, 0) is 32.1 Å². The average Bonchev–Trinajstić information content (AvgIpc) is 2.96. The minimum Gasteiger partial charge on any atom is -0.385 e. The predicted octanol–water partition coefficient (Wildman–Crippen LogP) is 2.60. The summed E-state index contributed by atoms with van der Waals surface area (Å²) in [5.41, 5.74) is 0.816. The van der Waals surface area contributed by atoms with Crippen molar-refractivity contribution in [1.29, 1.82) is 0 Å². The van der Waals surface area contributed by atoms with E-state index < -0.39 is 7.60 Å². The quantitative estimate of drug-likeness (QED) is 0.371. The van der Waals surface area contributed by atoms with Crippen LogP contribution in [-0.4, -0.2) is 52.7 Å². The predicted molar refractivity (Wildman–Crippen MR) is 94.6 cm³/mol. The Morgan fingerprint density at radius 1 is 1.20 bits per heavy atom. The molecule has 0 aliphatic heterocycles. The van der Waals surface area contributed by atoms with Crippen molar-refractivity contribution in [2.45, 2.75) is 57.9 Å². The number of carbonyl (C=O) groups excluding carboxylic acids is 1. The first-order valence-electron chi connectivity index (χ1n) is 8.75. The highest BCUT2D eigenvalue weighted by Gasteiger charge is 2.09. The Bertz CT molecular complexity index is 544. The van der Waals surface area contributed by atoms with Crippen LogP contribution >= 0.6 is 7.60 Å². The summed E-state index contributed by atoms with van der Waals surface area (Å²) in [6.45, 7) is 2.47. The van der Waals surface area contributed by atoms with Crippen LogP contribution in [0, 0.1) is 0 Å². The summed E-state index contributed by atoms with van der Waals surface area (Å²) in [5.74, 6) is 0.165. The van der Waals surface area contributed by atoms with Gasteiger partial charge in [0.25, 0.3) is 0 Å². The van der Waals surface area contributed by atoms with E-state index in [9.17, 15) is 9.36 Å². The normalized spacial score (nSPS) is 13.7. The van der Waals surface area contributed by atoms with Crippen molar-refractivity contribution in [1.82, 2.24) is 15.0 Å². The van der Waals surface area contributed by atoms with Gasteiger partial charge in [-0.15, -0.1) is 5.10 Å². The zero-order valence-corrected chi connectivity index (χ0v) is 16.1. The number of ketones is 1. The highest BCUT2D eigenvalue weighted by Crippen LogP contribution is 2.36. The molecule has 144 valence electrons. The number of unbranched alkanes of at least 4 members (excludes halogenated alkanes) is 4. The molecule has 1 unspecified atom stereocenters. The van der Waals surface area contributed by atoms with Gasteiger partial charge in [-0.1, -0.05) is 18.1 Å². The molecule has 0 aliphatic rings. The number of carbonyl (C=O) groups is 1. The first kappa shape index (κ1) is 22.0. The molecule has 0 spiro atoms. The molecule has 1 N–H and O–H groups in total. The third-order valence-corrected chi connectivity index (χ3v) is 4.30. The molecule has 1 rings (SSSR count). The van der Waals surface area contributed by atoms with Gasteiger partial charge in [0.15, 0.2) is 5.78 Å². The third-order valence-electron chi connectivity index (χ3n) is 3.64. The Balaban J connectivity index is 2.13. The molecule has 1 heterocycles. The fourth-order valence-corrected chi connectivity index (χ4v) is 2.82. The number of methoxy groups -OCH3 is 1. The Hall–Kier alpha value is -1.08. The van der Waals surface area contributed by atoms with Gasteiger partial charge in [-0.2, -0.15) is 0 Å². The Morgan fingerprint density at radius 2 is 1.92 bits per heavy atom. The van der Waals surface area contributed by atoms with Crippen molar-refractivity contribution in [3.05, 3.63) is 11.9 Å². The largest absolute Gasteiger partial charge is 0.385 e. The van der Waals surface area contributed by atoms with Gasteiger partial charge in [0.1, 0.15) is 6.54 Å². The van der Waals surface area contributed by atoms with Gasteiger partial charge >= 0.3 is 7.60 Å². The number of ether oxygens (including phenoxy) is 1. The zero-order chi connectivity index (χ0) is 18.5. The second-order valence-electron chi connectivity index (χ2n) is 6.20. The molecule has 25 heavy (non-hydrogen) atoms. The molecule has 0 bridgehead atoms. The maximum Gasteiger partial charge on any atom is 0.325 e. The molecule has 1 aromatic heterocycles. The monoisotopic (exact) mass is 375 g/mol. The van der Waals surface area contributed by atoms with Gasteiger partial charge in [0, 0.05) is 33.0 Å². The maximum absolute atomic E-state index is 11.9. The van der Waals surface area contributed by atoms with Crippen LogP contribution in [0.4, 0.5) is 0 Å². The zero-order valence-electron chi connectivity index (χ0n) is 15.2. The van der Waals surface area contributed by atoms with E-state index in [-0.39, 0.29) is 18.9 Å². The smallest absolute Gasteiger partial charge is 0.325 e. The first-order valence-corrected chi connectivity index (χ1v) is 10.8. The van der Waals surface area contributed by atoms with Crippen LogP contribution in [-0.2, 0) is 31.6 Å². The molecule has 0 amide bonds. The van der Waals surface area contributed by atoms with E-state index in [4.69, 9.17) is 14.2 Å². The topological polar surface area (TPSA) is 104 Å². The van der Waals surface area contributed by atoms with Gasteiger partial charge < -0.3 is 14.2 Å². The van der Waals surface area contributed by atoms with E-state index in [0.717, 1.165) is 44.4 Å². The van der Waals surface area contributed by atoms with Gasteiger partial charge in [-0.3, -0.25) is 9.36 Å². The molecule has 9 heteroatoms. The SMILES string of the molecule is COCCCCCCC(=O)Cn1cc(CCCCOP(C)(=O)O)nn1. The van der Waals surface area contributed by atoms with Crippen LogP contribution in [0.2, 0.25) is 0 Å². The molecule has 0 aromatic carbocycles. The molecular weight excluding hydrogens is 345 g/mol. The van der Waals surface area contributed by atoms with Crippen molar-refractivity contribution in [2.75, 3.05) is 27.0 Å². The third kappa shape index (κ3) is 12.0. The van der Waals surface area contributed by atoms with Crippen LogP contribution < -0.4 is 0 Å². The summed E-state index contributed by atoms with van der Waals surface area (Å²) in [4.78, 5) is 20.9. The number of aromatic nitrogens is 3. The van der Waals surface area contributed by atoms with Crippen molar-refractivity contribution in [2.24, 2.45) is 0 Å². The van der Waals surface area contributed by atoms with Crippen LogP contribution in [0.3, 0.4) is 0 Å². The van der Waals surface area contributed by atoms with Crippen molar-refractivity contribution < 1.29 is 23.5 Å². The minimum absolute atomic E-state index is 0.165. The minimum atomic E-state index is -3.38. The lowest BCUT2D eigenvalue weighted by Crippen LogP contribution is -2.10. The Kier molecular flexibility index (Phi) is 10.8. The average molecular weight is 375 g/mol. The fourth-order valence-electron chi connectivity index (χ4n) is 2.35. The Morgan fingerprint density at radius 3 is 2.64 bits per heavy atom. The number of nitrogens with zero attached hydrogens (tertiary/aromatic N) is 3. The number of Topliss-reactive ketones (excluding diaryl/α,β-unsaturated/α-hetero) is 1. The highest BCUT2D eigenvalue weighted by molar-refractivity contribution is 7.51. The summed E-state index contributed by atoms with van der Waals surface area (Å²) in [5, 5.41) is 8.02. The van der Waals surface area contributed by atoms with Crippen molar-refractivity contribution >= 4 is 13.4 Å². The fraction of sp³-hybridized carbons (Fsp3) is 0.812. The lowest BCUT2D eigenvalue weighted by molar-refractivity contribution is -0.119. The van der Waals surface area contributed by atoms with E-state index in [1.807, 2.05) is 0 Å². The van der Waals surface area contributed by atoms with Gasteiger partial charge in [0.2, 0.25) is 0 Å². The standard InChI is InChI=1S/C16H30N3O5P/c1-23-11-7-4-3-5-10-16(20)14-19-13-15(17-18-19)9-6-8-12-24-25(2,21)22/h13H,3-12,14H2,1-2H3,(H,21,22). The number of hydrogen-bond donors (Lipinski definition) is 1. The molecule has 1 aromatic rings. The molecule has 0 radical (unpaired) electrons. The summed E-state index contributed by atoms with van der Waals surface area (Å²) in [7, 11) is -1.69. The van der Waals surface area contributed by atoms with Gasteiger partial charge in [-0.25, -0.2) is 4.68 Å². The van der Waals surface area contributed by atoms with E-state index in [0.29, 0.717) is 19.3 Å². The number of hydrogen-bond acceptors (Lipinski definition) is 6. The van der Waals surface area contributed by atoms with Crippen LogP contribution in [0.25, 0.3) is 0 Å². The summed E-state index contributed by atoms with van der Waals surface area (Å²) >= 11 is 0. The second kappa shape index (κ2) is 12.3. The number of aryl methyl sites for hydroxylation is 1. The molecule has 1 atom stereocenters. The lowest BCUT2D eigenvalue weighted by atomic mass is 10.1. The molecule has 0 fully saturated rings. The van der Waals surface area contributed by atoms with Crippen LogP contribution in [0.5, 0.6) is 0 Å². The molecular formula is C16H30N3O5P.